The zero-order valence-corrected chi connectivity index (χ0v) is 23.1. The number of ether oxygens (including phenoxy) is 1. The summed E-state index contributed by atoms with van der Waals surface area (Å²) in [6.45, 7) is 16.3. The third-order valence-corrected chi connectivity index (χ3v) is 5.90. The van der Waals surface area contributed by atoms with Crippen molar-refractivity contribution < 1.29 is 19.1 Å². The molecule has 7 nitrogen and oxygen atoms in total. The summed E-state index contributed by atoms with van der Waals surface area (Å²) in [5, 5.41) is 5.83. The fraction of sp³-hybridized carbons (Fsp3) is 0.679. The second kappa shape index (κ2) is 14.7. The van der Waals surface area contributed by atoms with Gasteiger partial charge in [-0.3, -0.25) is 9.59 Å². The van der Waals surface area contributed by atoms with Crippen LogP contribution in [0.2, 0.25) is 0 Å². The highest BCUT2D eigenvalue weighted by molar-refractivity contribution is 5.92. The highest BCUT2D eigenvalue weighted by Gasteiger charge is 2.37. The first kappa shape index (κ1) is 30.5. The first-order chi connectivity index (χ1) is 16.4. The normalized spacial score (nSPS) is 13.9. The zero-order chi connectivity index (χ0) is 26.6. The predicted molar refractivity (Wildman–Crippen MR) is 141 cm³/mol. The van der Waals surface area contributed by atoms with Crippen LogP contribution in [0.15, 0.2) is 24.3 Å². The van der Waals surface area contributed by atoms with Gasteiger partial charge in [-0.05, 0) is 52.0 Å². The third-order valence-electron chi connectivity index (χ3n) is 5.90. The largest absolute Gasteiger partial charge is 0.444 e. The lowest BCUT2D eigenvalue weighted by atomic mass is 9.95. The Morgan fingerprint density at radius 1 is 1.06 bits per heavy atom. The number of hydrogen-bond acceptors (Lipinski definition) is 4. The highest BCUT2D eigenvalue weighted by Crippen LogP contribution is 2.25. The first-order valence-corrected chi connectivity index (χ1v) is 13.1. The quantitative estimate of drug-likeness (QED) is 0.357. The van der Waals surface area contributed by atoms with Crippen molar-refractivity contribution in [2.75, 3.05) is 13.1 Å². The van der Waals surface area contributed by atoms with Crippen molar-refractivity contribution in [3.63, 3.8) is 0 Å². The second-order valence-corrected chi connectivity index (χ2v) is 10.4. The van der Waals surface area contributed by atoms with Crippen LogP contribution < -0.4 is 10.6 Å². The van der Waals surface area contributed by atoms with Gasteiger partial charge in [-0.15, -0.1) is 0 Å². The molecule has 3 amide bonds. The maximum Gasteiger partial charge on any atom is 0.408 e. The minimum atomic E-state index is -0.804. The van der Waals surface area contributed by atoms with Crippen molar-refractivity contribution in [2.45, 2.75) is 105 Å². The van der Waals surface area contributed by atoms with E-state index in [1.165, 1.54) is 0 Å². The summed E-state index contributed by atoms with van der Waals surface area (Å²) in [7, 11) is 0. The molecule has 3 unspecified atom stereocenters. The summed E-state index contributed by atoms with van der Waals surface area (Å²) in [6, 6.07) is 6.13. The van der Waals surface area contributed by atoms with E-state index in [0.717, 1.165) is 30.4 Å². The Hall–Kier alpha value is -2.57. The van der Waals surface area contributed by atoms with Gasteiger partial charge in [0.1, 0.15) is 17.7 Å². The van der Waals surface area contributed by atoms with Crippen LogP contribution in [0, 0.1) is 12.8 Å². The Morgan fingerprint density at radius 3 is 2.29 bits per heavy atom. The molecule has 0 heterocycles. The Morgan fingerprint density at radius 2 is 1.74 bits per heavy atom. The number of nitrogens with one attached hydrogen (secondary N) is 2. The van der Waals surface area contributed by atoms with E-state index in [1.807, 2.05) is 52.0 Å². The fourth-order valence-electron chi connectivity index (χ4n) is 3.90. The van der Waals surface area contributed by atoms with Gasteiger partial charge >= 0.3 is 6.09 Å². The van der Waals surface area contributed by atoms with Crippen molar-refractivity contribution in [2.24, 2.45) is 5.92 Å². The zero-order valence-electron chi connectivity index (χ0n) is 23.1. The van der Waals surface area contributed by atoms with Crippen molar-refractivity contribution in [1.29, 1.82) is 0 Å². The number of carbonyl (C=O) groups is 3. The van der Waals surface area contributed by atoms with E-state index in [9.17, 15) is 14.4 Å². The van der Waals surface area contributed by atoms with E-state index in [0.29, 0.717) is 25.9 Å². The lowest BCUT2D eigenvalue weighted by molar-refractivity contribution is -0.143. The Balaban J connectivity index is 3.37. The van der Waals surface area contributed by atoms with Crippen LogP contribution in [0.5, 0.6) is 0 Å². The van der Waals surface area contributed by atoms with Gasteiger partial charge in [0.05, 0.1) is 0 Å². The molecule has 0 aliphatic rings. The van der Waals surface area contributed by atoms with Gasteiger partial charge < -0.3 is 20.3 Å². The highest BCUT2D eigenvalue weighted by atomic mass is 16.6. The van der Waals surface area contributed by atoms with Crippen LogP contribution >= 0.6 is 0 Å². The van der Waals surface area contributed by atoms with E-state index < -0.39 is 23.8 Å². The summed E-state index contributed by atoms with van der Waals surface area (Å²) >= 11 is 0. The molecule has 0 fully saturated rings. The minimum absolute atomic E-state index is 0.139. The van der Waals surface area contributed by atoms with Gasteiger partial charge in [0.15, 0.2) is 0 Å². The van der Waals surface area contributed by atoms with Crippen LogP contribution in [0.1, 0.15) is 97.7 Å². The van der Waals surface area contributed by atoms with Crippen molar-refractivity contribution in [1.82, 2.24) is 15.5 Å². The molecule has 0 aromatic heterocycles. The van der Waals surface area contributed by atoms with Gasteiger partial charge in [-0.25, -0.2) is 4.79 Å². The number of alkyl carbamates (subject to hydrolysis) is 1. The molecule has 35 heavy (non-hydrogen) atoms. The molecule has 2 N–H and O–H groups in total. The second-order valence-electron chi connectivity index (χ2n) is 10.4. The van der Waals surface area contributed by atoms with Gasteiger partial charge in [0.25, 0.3) is 0 Å². The first-order valence-electron chi connectivity index (χ1n) is 13.1. The summed E-state index contributed by atoms with van der Waals surface area (Å²) in [5.41, 5.74) is 1.10. The van der Waals surface area contributed by atoms with Crippen LogP contribution in [0.25, 0.3) is 0 Å². The Bertz CT molecular complexity index is 819. The number of hydrogen-bond donors (Lipinski definition) is 2. The van der Waals surface area contributed by atoms with Crippen molar-refractivity contribution in [3.05, 3.63) is 35.4 Å². The molecule has 1 aromatic carbocycles. The molecule has 1 rings (SSSR count). The Kier molecular flexibility index (Phi) is 12.8. The summed E-state index contributed by atoms with van der Waals surface area (Å²) in [4.78, 5) is 41.7. The van der Waals surface area contributed by atoms with Crippen LogP contribution in [0.4, 0.5) is 4.79 Å². The minimum Gasteiger partial charge on any atom is -0.444 e. The number of aryl methyl sites for hydroxylation is 1. The molecule has 0 saturated carbocycles. The fourth-order valence-corrected chi connectivity index (χ4v) is 3.90. The average Bonchev–Trinajstić information content (AvgIpc) is 2.78. The van der Waals surface area contributed by atoms with E-state index in [4.69, 9.17) is 4.74 Å². The molecule has 7 heteroatoms. The smallest absolute Gasteiger partial charge is 0.408 e. The van der Waals surface area contributed by atoms with Crippen LogP contribution in [-0.4, -0.2) is 47.5 Å². The molecule has 0 saturated heterocycles. The van der Waals surface area contributed by atoms with Gasteiger partial charge in [-0.1, -0.05) is 76.8 Å². The monoisotopic (exact) mass is 489 g/mol. The van der Waals surface area contributed by atoms with E-state index in [-0.39, 0.29) is 17.7 Å². The molecule has 1 aromatic rings. The number of amides is 3. The molecule has 3 atom stereocenters. The van der Waals surface area contributed by atoms with Crippen molar-refractivity contribution >= 4 is 17.9 Å². The van der Waals surface area contributed by atoms with E-state index in [1.54, 1.807) is 25.7 Å². The lowest BCUT2D eigenvalue weighted by Gasteiger charge is -2.36. The third kappa shape index (κ3) is 10.3. The molecule has 0 aliphatic carbocycles. The number of rotatable bonds is 13. The van der Waals surface area contributed by atoms with Gasteiger partial charge in [-0.2, -0.15) is 0 Å². The summed E-state index contributed by atoms with van der Waals surface area (Å²) in [6.07, 6.45) is 3.71. The van der Waals surface area contributed by atoms with E-state index in [2.05, 4.69) is 17.6 Å². The van der Waals surface area contributed by atoms with Crippen LogP contribution in [-0.2, 0) is 14.3 Å². The average molecular weight is 490 g/mol. The van der Waals surface area contributed by atoms with Gasteiger partial charge in [0.2, 0.25) is 11.8 Å². The molecular formula is C28H47N3O4. The SMILES string of the molecule is CCCCCNC(=O)C(c1cccc(C)c1)N(CCC)C(=O)C(NC(=O)OC(C)(C)C)C(C)CC. The lowest BCUT2D eigenvalue weighted by Crippen LogP contribution is -2.55. The molecular weight excluding hydrogens is 442 g/mol. The maximum atomic E-state index is 14.0. The van der Waals surface area contributed by atoms with Crippen molar-refractivity contribution in [3.8, 4) is 0 Å². The Labute approximate surface area is 212 Å². The topological polar surface area (TPSA) is 87.7 Å². The molecule has 0 aliphatic heterocycles. The number of nitrogens with zero attached hydrogens (tertiary/aromatic N) is 1. The number of unbranched alkanes of at least 4 members (excludes halogenated alkanes) is 2. The maximum absolute atomic E-state index is 14.0. The van der Waals surface area contributed by atoms with E-state index >= 15 is 0 Å². The van der Waals surface area contributed by atoms with Gasteiger partial charge in [0, 0.05) is 13.1 Å². The summed E-state index contributed by atoms with van der Waals surface area (Å²) < 4.78 is 5.44. The number of benzene rings is 1. The summed E-state index contributed by atoms with van der Waals surface area (Å²) in [5.74, 6) is -0.615. The molecule has 0 bridgehead atoms. The molecule has 198 valence electrons. The van der Waals surface area contributed by atoms with Crippen LogP contribution in [0.3, 0.4) is 0 Å². The number of carbonyl (C=O) groups excluding carboxylic acids is 3. The molecule has 0 spiro atoms. The standard InChI is InChI=1S/C28H47N3O4/c1-9-12-13-17-29-25(32)24(22-16-14-15-20(4)19-22)31(18-10-2)26(33)23(21(5)11-3)30-27(34)35-28(6,7)8/h14-16,19,21,23-24H,9-13,17-18H2,1-8H3,(H,29,32)(H,30,34). The molecule has 0 radical (unpaired) electrons. The predicted octanol–water partition coefficient (Wildman–Crippen LogP) is 5.52.